The molecule has 0 saturated heterocycles. The zero-order valence-electron chi connectivity index (χ0n) is 50.5. The molecule has 18 nitrogen and oxygen atoms in total. The molecular weight excluding hydrogens is 1220 g/mol. The molecule has 0 fully saturated rings. The van der Waals surface area contributed by atoms with E-state index in [1.165, 1.54) is 45.7 Å². The molecule has 4 N–H and O–H groups in total. The molecule has 0 unspecified atom stereocenters. The van der Waals surface area contributed by atoms with E-state index in [0.29, 0.717) is 47.1 Å². The van der Waals surface area contributed by atoms with Crippen molar-refractivity contribution in [3.05, 3.63) is 196 Å². The molecule has 4 amide bonds. The summed E-state index contributed by atoms with van der Waals surface area (Å²) >= 11 is 18.1. The van der Waals surface area contributed by atoms with E-state index in [2.05, 4.69) is 50.9 Å². The second-order valence-electron chi connectivity index (χ2n) is 22.8. The number of aromatic hydroxyl groups is 2. The van der Waals surface area contributed by atoms with Crippen molar-refractivity contribution in [3.8, 4) is 34.3 Å². The molecule has 0 aliphatic heterocycles. The molecule has 0 radical (unpaired) electrons. The number of carbonyl (C=O) groups is 2. The van der Waals surface area contributed by atoms with Crippen LogP contribution in [0, 0.1) is 0 Å². The molecule has 456 valence electrons. The van der Waals surface area contributed by atoms with Crippen molar-refractivity contribution < 1.29 is 19.8 Å². The molecule has 89 heavy (non-hydrogen) atoms. The van der Waals surface area contributed by atoms with E-state index < -0.39 is 22.9 Å². The van der Waals surface area contributed by atoms with Crippen molar-refractivity contribution in [2.24, 2.45) is 0 Å². The van der Waals surface area contributed by atoms with Gasteiger partial charge in [0.05, 0.1) is 32.8 Å². The number of phenolic OH excluding ortho intramolecular Hbond substituents is 2. The number of aromatic nitrogens is 10. The first-order valence-electron chi connectivity index (χ1n) is 28.9. The Morgan fingerprint density at radius 3 is 1.49 bits per heavy atom. The number of urea groups is 2. The third-order valence-corrected chi connectivity index (χ3v) is 19.4. The summed E-state index contributed by atoms with van der Waals surface area (Å²) in [6, 6.07) is 43.0. The lowest BCUT2D eigenvalue weighted by molar-refractivity contribution is 0.236. The minimum Gasteiger partial charge on any atom is -0.506 e. The normalized spacial score (nSPS) is 11.9. The molecular formula is C66H66Cl2N14O4S3. The van der Waals surface area contributed by atoms with Gasteiger partial charge in [0, 0.05) is 84.4 Å². The molecule has 6 heterocycles. The number of carbonyl (C=O) groups excluding carboxylic acids is 2. The number of fused-ring (bicyclic) bond motifs is 2. The summed E-state index contributed by atoms with van der Waals surface area (Å²) in [5.74, 6) is 1.64. The highest BCUT2D eigenvalue weighted by Crippen LogP contribution is 2.40. The number of phenols is 2. The molecule has 0 aliphatic carbocycles. The molecule has 0 atom stereocenters. The Balaban J connectivity index is 1.05. The Bertz CT molecular complexity index is 4440. The Hall–Kier alpha value is -8.47. The molecule has 0 bridgehead atoms. The third kappa shape index (κ3) is 12.9. The predicted octanol–water partition coefficient (Wildman–Crippen LogP) is 16.1. The van der Waals surface area contributed by atoms with E-state index in [9.17, 15) is 10.2 Å². The zero-order valence-corrected chi connectivity index (χ0v) is 54.4. The van der Waals surface area contributed by atoms with Crippen molar-refractivity contribution in [1.82, 2.24) is 59.4 Å². The minimum atomic E-state index is -0.733. The number of halogens is 2. The van der Waals surface area contributed by atoms with Crippen molar-refractivity contribution in [2.75, 3.05) is 16.3 Å². The first-order chi connectivity index (χ1) is 42.7. The molecule has 0 spiro atoms. The first-order valence-corrected chi connectivity index (χ1v) is 32.6. The monoisotopic (exact) mass is 1280 g/mol. The summed E-state index contributed by atoms with van der Waals surface area (Å²) in [5.41, 5.74) is 4.77. The number of thioether (sulfide) groups is 1. The van der Waals surface area contributed by atoms with Gasteiger partial charge in [-0.15, -0.1) is 32.2 Å². The molecule has 0 saturated carbocycles. The van der Waals surface area contributed by atoms with Gasteiger partial charge in [0.15, 0.2) is 28.8 Å². The number of pyridine rings is 2. The Kier molecular flexibility index (Phi) is 18.1. The average molecular weight is 1290 g/mol. The summed E-state index contributed by atoms with van der Waals surface area (Å²) in [6.07, 6.45) is 7.37. The zero-order chi connectivity index (χ0) is 62.9. The Morgan fingerprint density at radius 1 is 0.573 bits per heavy atom. The molecule has 0 aliphatic rings. The second-order valence-corrected chi connectivity index (χ2v) is 26.7. The standard InChI is InChI=1S/C66H66Cl2N14O4S3/c1-10-65(5,6)55-34-59(79(75-55)43-24-28-50(83)48(67)32-43)81(63(85)69-36-41-18-12-15-21-52(41)88-45-26-30-57-71-73-61(40(3)4)77(57)38-45)82(60-35-56(66(7,8)11-2)76-80(60)44-25-29-51(84)49(68)33-44)64(86)70-37-42-19-13-16-22-53(42)89-46-27-31-58-72-74-62(78(58)39-46)47-20-14-17-23-54(47)87-9/h12-35,38-40,83-84H,10-11,36-37H2,1-9H3,(H,69,85)(H,70,86). The van der Waals surface area contributed by atoms with Gasteiger partial charge in [-0.1, -0.05) is 157 Å². The van der Waals surface area contributed by atoms with Gasteiger partial charge < -0.3 is 20.8 Å². The number of hydrogen-bond donors (Lipinski definition) is 4. The lowest BCUT2D eigenvalue weighted by atomic mass is 9.86. The van der Waals surface area contributed by atoms with E-state index >= 15 is 9.59 Å². The Morgan fingerprint density at radius 2 is 1.02 bits per heavy atom. The number of amides is 4. The number of anilines is 2. The van der Waals surface area contributed by atoms with Crippen LogP contribution in [0.2, 0.25) is 10.0 Å². The smallest absolute Gasteiger partial charge is 0.343 e. The van der Waals surface area contributed by atoms with E-state index in [4.69, 9.17) is 33.4 Å². The van der Waals surface area contributed by atoms with Crippen LogP contribution in [0.1, 0.15) is 102 Å². The van der Waals surface area contributed by atoms with Crippen LogP contribution in [0.3, 0.4) is 0 Å². The highest BCUT2D eigenvalue weighted by Gasteiger charge is 2.39. The number of benzene rings is 5. The average Bonchev–Trinajstić information content (AvgIpc) is 1.69. The van der Waals surface area contributed by atoms with E-state index in [1.807, 2.05) is 160 Å². The summed E-state index contributed by atoms with van der Waals surface area (Å²) in [6.45, 7) is 16.4. The van der Waals surface area contributed by atoms with Crippen molar-refractivity contribution >= 4 is 93.5 Å². The number of hydrazine groups is 1. The maximum absolute atomic E-state index is 16.3. The quantitative estimate of drug-likeness (QED) is 0.0440. The van der Waals surface area contributed by atoms with Gasteiger partial charge >= 0.3 is 12.1 Å². The van der Waals surface area contributed by atoms with Crippen LogP contribution in [0.4, 0.5) is 21.2 Å². The maximum Gasteiger partial charge on any atom is 0.343 e. The maximum atomic E-state index is 16.3. The van der Waals surface area contributed by atoms with Gasteiger partial charge in [0.2, 0.25) is 0 Å². The lowest BCUT2D eigenvalue weighted by Crippen LogP contribution is -2.58. The molecule has 6 aromatic heterocycles. The van der Waals surface area contributed by atoms with E-state index in [1.54, 1.807) is 57.5 Å². The third-order valence-electron chi connectivity index (χ3n) is 15.8. The summed E-state index contributed by atoms with van der Waals surface area (Å²) < 4.78 is 7.08. The van der Waals surface area contributed by atoms with Crippen LogP contribution < -0.4 is 20.7 Å². The summed E-state index contributed by atoms with van der Waals surface area (Å²) in [4.78, 5) is 37.2. The van der Waals surface area contributed by atoms with Crippen LogP contribution >= 0.6 is 58.5 Å². The molecule has 11 rings (SSSR count). The molecule has 11 aromatic rings. The first kappa shape index (κ1) is 62.1. The second kappa shape index (κ2) is 25.9. The fourth-order valence-corrected chi connectivity index (χ4v) is 12.7. The van der Waals surface area contributed by atoms with Gasteiger partial charge in [0.25, 0.3) is 0 Å². The summed E-state index contributed by atoms with van der Waals surface area (Å²) in [7, 11) is 0. The number of hydrogen-bond acceptors (Lipinski definition) is 13. The fourth-order valence-electron chi connectivity index (χ4n) is 9.83. The van der Waals surface area contributed by atoms with Crippen LogP contribution in [-0.4, -0.2) is 77.3 Å². The Labute approximate surface area is 538 Å². The van der Waals surface area contributed by atoms with Gasteiger partial charge in [-0.25, -0.2) is 19.0 Å². The van der Waals surface area contributed by atoms with Crippen molar-refractivity contribution in [1.29, 1.82) is 0 Å². The SMILES string of the molecule is CCC(C)(C)c1cc(N(C(=O)NCc2ccccc2Sc2ccc3nnc(-c4ccccc4SC)n3c2)N(C(=O)NCc2ccccc2Sc2ccc3nnc(C(C)C)n3c2)c2cc(C(C)(C)CC)nn2-c2ccc(O)c(Cl)c2)n(-c2ccc(O)c(Cl)c2)n1. The van der Waals surface area contributed by atoms with Crippen LogP contribution in [0.15, 0.2) is 182 Å². The van der Waals surface area contributed by atoms with Crippen LogP contribution in [0.5, 0.6) is 11.5 Å². The number of rotatable bonds is 19. The van der Waals surface area contributed by atoms with Gasteiger partial charge in [-0.05, 0) is 109 Å². The lowest BCUT2D eigenvalue weighted by Gasteiger charge is -2.34. The van der Waals surface area contributed by atoms with Gasteiger partial charge in [0.1, 0.15) is 17.3 Å². The van der Waals surface area contributed by atoms with Gasteiger partial charge in [-0.2, -0.15) is 20.2 Å². The minimum absolute atomic E-state index is 0.00458. The van der Waals surface area contributed by atoms with E-state index in [0.717, 1.165) is 52.6 Å². The summed E-state index contributed by atoms with van der Waals surface area (Å²) in [5, 5.41) is 58.9. The van der Waals surface area contributed by atoms with E-state index in [-0.39, 0.29) is 52.2 Å². The largest absolute Gasteiger partial charge is 0.506 e. The fraction of sp³-hybridized carbons (Fsp3) is 0.242. The van der Waals surface area contributed by atoms with Crippen molar-refractivity contribution in [3.63, 3.8) is 0 Å². The predicted molar refractivity (Wildman–Crippen MR) is 355 cm³/mol. The van der Waals surface area contributed by atoms with Gasteiger partial charge in [-0.3, -0.25) is 8.80 Å². The highest BCUT2D eigenvalue weighted by molar-refractivity contribution is 7.99. The topological polar surface area (TPSA) is 201 Å². The number of nitrogens with zero attached hydrogens (tertiary/aromatic N) is 12. The van der Waals surface area contributed by atoms with Crippen LogP contribution in [-0.2, 0) is 23.9 Å². The van der Waals surface area contributed by atoms with Crippen molar-refractivity contribution in [2.45, 2.75) is 123 Å². The molecule has 23 heteroatoms. The highest BCUT2D eigenvalue weighted by atomic mass is 35.5. The molecule has 5 aromatic carbocycles. The van der Waals surface area contributed by atoms with Crippen LogP contribution in [0.25, 0.3) is 34.1 Å². The number of nitrogens with one attached hydrogen (secondary N) is 2.